The SMILES string of the molecule is Cc1cc2c([nH]1)=NC(O)N(c1ccc(CNCCCN=C(N)N)cc1)C=2. The van der Waals surface area contributed by atoms with Gasteiger partial charge in [0, 0.05) is 35.9 Å². The molecule has 1 atom stereocenters. The summed E-state index contributed by atoms with van der Waals surface area (Å²) in [5.41, 5.74) is 14.4. The van der Waals surface area contributed by atoms with Gasteiger partial charge in [0.2, 0.25) is 6.35 Å². The predicted octanol–water partition coefficient (Wildman–Crippen LogP) is -0.770. The van der Waals surface area contributed by atoms with Gasteiger partial charge in [-0.3, -0.25) is 4.99 Å². The van der Waals surface area contributed by atoms with Crippen LogP contribution in [0.15, 0.2) is 40.3 Å². The Balaban J connectivity index is 1.58. The molecule has 8 nitrogen and oxygen atoms in total. The highest BCUT2D eigenvalue weighted by Crippen LogP contribution is 2.19. The van der Waals surface area contributed by atoms with Gasteiger partial charge < -0.3 is 31.8 Å². The topological polar surface area (TPSA) is 128 Å². The molecule has 0 fully saturated rings. The molecule has 0 bridgehead atoms. The number of benzene rings is 1. The van der Waals surface area contributed by atoms with Crippen LogP contribution in [0.3, 0.4) is 0 Å². The fourth-order valence-electron chi connectivity index (χ4n) is 2.83. The summed E-state index contributed by atoms with van der Waals surface area (Å²) in [6.45, 7) is 4.20. The van der Waals surface area contributed by atoms with Crippen LogP contribution >= 0.6 is 0 Å². The molecule has 2 heterocycles. The first-order valence-corrected chi connectivity index (χ1v) is 8.60. The molecule has 0 spiro atoms. The summed E-state index contributed by atoms with van der Waals surface area (Å²) in [5, 5.41) is 14.6. The van der Waals surface area contributed by atoms with Crippen molar-refractivity contribution in [2.24, 2.45) is 21.5 Å². The van der Waals surface area contributed by atoms with Crippen LogP contribution in [0.25, 0.3) is 6.20 Å². The van der Waals surface area contributed by atoms with Crippen LogP contribution in [-0.4, -0.2) is 35.5 Å². The second-order valence-electron chi connectivity index (χ2n) is 6.27. The van der Waals surface area contributed by atoms with Crippen LogP contribution in [0.2, 0.25) is 0 Å². The molecule has 1 aliphatic heterocycles. The summed E-state index contributed by atoms with van der Waals surface area (Å²) in [6.07, 6.45) is 1.86. The van der Waals surface area contributed by atoms with Crippen molar-refractivity contribution in [2.75, 3.05) is 18.0 Å². The number of hydrogen-bond donors (Lipinski definition) is 5. The molecule has 0 amide bonds. The molecular formula is C18H25N7O. The molecule has 8 heteroatoms. The molecule has 138 valence electrons. The van der Waals surface area contributed by atoms with E-state index in [-0.39, 0.29) is 5.96 Å². The fourth-order valence-corrected chi connectivity index (χ4v) is 2.83. The zero-order chi connectivity index (χ0) is 18.5. The van der Waals surface area contributed by atoms with E-state index in [2.05, 4.69) is 20.3 Å². The van der Waals surface area contributed by atoms with Crippen LogP contribution in [0.1, 0.15) is 17.7 Å². The number of nitrogens with zero attached hydrogens (tertiary/aromatic N) is 3. The summed E-state index contributed by atoms with van der Waals surface area (Å²) in [6, 6.07) is 10.1. The maximum absolute atomic E-state index is 10.3. The number of hydrogen-bond acceptors (Lipinski definition) is 5. The third-order valence-corrected chi connectivity index (χ3v) is 4.10. The van der Waals surface area contributed by atoms with E-state index in [1.54, 1.807) is 4.90 Å². The van der Waals surface area contributed by atoms with E-state index in [9.17, 15) is 5.11 Å². The number of nitrogens with one attached hydrogen (secondary N) is 2. The third kappa shape index (κ3) is 4.41. The highest BCUT2D eigenvalue weighted by molar-refractivity contribution is 5.75. The number of aromatic amines is 1. The first kappa shape index (κ1) is 18.0. The summed E-state index contributed by atoms with van der Waals surface area (Å²) >= 11 is 0. The molecule has 7 N–H and O–H groups in total. The van der Waals surface area contributed by atoms with Crippen molar-refractivity contribution in [3.8, 4) is 0 Å². The fraction of sp³-hybridized carbons (Fsp3) is 0.333. The summed E-state index contributed by atoms with van der Waals surface area (Å²) < 4.78 is 0. The Morgan fingerprint density at radius 3 is 2.85 bits per heavy atom. The van der Waals surface area contributed by atoms with Gasteiger partial charge in [-0.15, -0.1) is 0 Å². The number of aliphatic hydroxyl groups excluding tert-OH is 1. The summed E-state index contributed by atoms with van der Waals surface area (Å²) in [5.74, 6) is 0.131. The highest BCUT2D eigenvalue weighted by atomic mass is 16.3. The Morgan fingerprint density at radius 1 is 1.35 bits per heavy atom. The molecule has 1 aromatic heterocycles. The van der Waals surface area contributed by atoms with Crippen LogP contribution in [0.5, 0.6) is 0 Å². The average Bonchev–Trinajstić information content (AvgIpc) is 2.96. The lowest BCUT2D eigenvalue weighted by Crippen LogP contribution is -2.41. The van der Waals surface area contributed by atoms with E-state index >= 15 is 0 Å². The maximum Gasteiger partial charge on any atom is 0.231 e. The lowest BCUT2D eigenvalue weighted by molar-refractivity contribution is 0.186. The molecular weight excluding hydrogens is 330 g/mol. The third-order valence-electron chi connectivity index (χ3n) is 4.10. The number of nitrogens with two attached hydrogens (primary N) is 2. The van der Waals surface area contributed by atoms with Crippen LogP contribution in [-0.2, 0) is 6.54 Å². The van der Waals surface area contributed by atoms with Crippen molar-refractivity contribution >= 4 is 17.8 Å². The van der Waals surface area contributed by atoms with Crippen molar-refractivity contribution in [3.63, 3.8) is 0 Å². The second-order valence-corrected chi connectivity index (χ2v) is 6.27. The van der Waals surface area contributed by atoms with E-state index in [4.69, 9.17) is 11.5 Å². The highest BCUT2D eigenvalue weighted by Gasteiger charge is 2.17. The van der Waals surface area contributed by atoms with Crippen LogP contribution < -0.4 is 32.4 Å². The van der Waals surface area contributed by atoms with E-state index in [0.717, 1.165) is 41.7 Å². The van der Waals surface area contributed by atoms with Gasteiger partial charge in [-0.25, -0.2) is 4.99 Å². The minimum atomic E-state index is -0.930. The Labute approximate surface area is 151 Å². The molecule has 1 unspecified atom stereocenters. The van der Waals surface area contributed by atoms with Gasteiger partial charge in [-0.2, -0.15) is 0 Å². The zero-order valence-electron chi connectivity index (χ0n) is 14.8. The minimum Gasteiger partial charge on any atom is -0.370 e. The number of aliphatic hydroxyl groups is 1. The molecule has 0 saturated carbocycles. The number of aryl methyl sites for hydroxylation is 1. The number of anilines is 1. The monoisotopic (exact) mass is 355 g/mol. The Bertz CT molecular complexity index is 881. The molecule has 3 rings (SSSR count). The Hall–Kier alpha value is -2.84. The molecule has 0 radical (unpaired) electrons. The molecule has 0 aliphatic carbocycles. The minimum absolute atomic E-state index is 0.131. The largest absolute Gasteiger partial charge is 0.370 e. The molecule has 1 aliphatic rings. The molecule has 1 aromatic carbocycles. The second kappa shape index (κ2) is 8.03. The van der Waals surface area contributed by atoms with Crippen molar-refractivity contribution in [3.05, 3.63) is 52.3 Å². The number of aliphatic imine (C=N–C) groups is 1. The van der Waals surface area contributed by atoms with Gasteiger partial charge in [0.15, 0.2) is 5.96 Å². The van der Waals surface area contributed by atoms with E-state index in [1.165, 1.54) is 0 Å². The first-order chi connectivity index (χ1) is 12.5. The smallest absolute Gasteiger partial charge is 0.231 e. The van der Waals surface area contributed by atoms with Crippen molar-refractivity contribution < 1.29 is 5.11 Å². The lowest BCUT2D eigenvalue weighted by Gasteiger charge is -2.25. The van der Waals surface area contributed by atoms with Gasteiger partial charge in [0.1, 0.15) is 5.49 Å². The predicted molar refractivity (Wildman–Crippen MR) is 103 cm³/mol. The number of guanidine groups is 1. The molecule has 0 saturated heterocycles. The quantitative estimate of drug-likeness (QED) is 0.253. The maximum atomic E-state index is 10.3. The number of aromatic nitrogens is 1. The zero-order valence-corrected chi connectivity index (χ0v) is 14.8. The summed E-state index contributed by atoms with van der Waals surface area (Å²) in [7, 11) is 0. The number of rotatable bonds is 7. The first-order valence-electron chi connectivity index (χ1n) is 8.60. The standard InChI is InChI=1S/C18H25N7O/c1-12-9-14-11-25(18(26)24-16(14)23-12)15-5-3-13(4-6-15)10-21-7-2-8-22-17(19)20/h3-6,9,11,18,21,26H,2,7-8,10H2,1H3,(H,23,24)(H4,19,20,22). The number of fused-ring (bicyclic) bond motifs is 1. The lowest BCUT2D eigenvalue weighted by atomic mass is 10.2. The van der Waals surface area contributed by atoms with Gasteiger partial charge >= 0.3 is 0 Å². The van der Waals surface area contributed by atoms with E-state index in [0.29, 0.717) is 12.0 Å². The molecule has 26 heavy (non-hydrogen) atoms. The van der Waals surface area contributed by atoms with Crippen LogP contribution in [0.4, 0.5) is 5.69 Å². The van der Waals surface area contributed by atoms with Gasteiger partial charge in [0.05, 0.1) is 0 Å². The normalized spacial score (nSPS) is 15.8. The van der Waals surface area contributed by atoms with E-state index < -0.39 is 6.35 Å². The van der Waals surface area contributed by atoms with Crippen molar-refractivity contribution in [1.29, 1.82) is 0 Å². The summed E-state index contributed by atoms with van der Waals surface area (Å²) in [4.78, 5) is 13.1. The van der Waals surface area contributed by atoms with Gasteiger partial charge in [0.25, 0.3) is 0 Å². The average molecular weight is 355 g/mol. The Kier molecular flexibility index (Phi) is 5.55. The number of H-pyrrole nitrogens is 1. The van der Waals surface area contributed by atoms with E-state index in [1.807, 2.05) is 43.5 Å². The Morgan fingerprint density at radius 2 is 2.12 bits per heavy atom. The van der Waals surface area contributed by atoms with Gasteiger partial charge in [-0.1, -0.05) is 12.1 Å². The van der Waals surface area contributed by atoms with Crippen molar-refractivity contribution in [1.82, 2.24) is 10.3 Å². The van der Waals surface area contributed by atoms with Crippen LogP contribution in [0, 0.1) is 6.92 Å². The van der Waals surface area contributed by atoms with Gasteiger partial charge in [-0.05, 0) is 43.7 Å². The van der Waals surface area contributed by atoms with Crippen molar-refractivity contribution in [2.45, 2.75) is 26.2 Å². The molecule has 2 aromatic rings.